The molecule has 2 N–H and O–H groups in total. The SMILES string of the molecule is CN(C)C1CCN(C(=O)[C@@H](Cc2ccccc2)N(C)C(=O)[C@@H](Cc2ccc3ccccc3c2)N(C)C(=O)C=CCC2(N)CCC2)CC1. The van der Waals surface area contributed by atoms with Crippen LogP contribution in [0.25, 0.3) is 10.8 Å². The smallest absolute Gasteiger partial charge is 0.246 e. The van der Waals surface area contributed by atoms with E-state index in [0.29, 0.717) is 38.4 Å². The maximum atomic E-state index is 14.6. The Kier molecular flexibility index (Phi) is 11.1. The summed E-state index contributed by atoms with van der Waals surface area (Å²) in [5, 5.41) is 2.19. The molecule has 3 aromatic carbocycles. The van der Waals surface area contributed by atoms with Crippen molar-refractivity contribution < 1.29 is 14.4 Å². The predicted molar refractivity (Wildman–Crippen MR) is 189 cm³/mol. The van der Waals surface area contributed by atoms with Gasteiger partial charge < -0.3 is 25.3 Å². The molecule has 8 heteroatoms. The zero-order valence-corrected chi connectivity index (χ0v) is 28.5. The van der Waals surface area contributed by atoms with E-state index in [0.717, 1.165) is 54.0 Å². The van der Waals surface area contributed by atoms with Crippen LogP contribution in [0.2, 0.25) is 0 Å². The highest BCUT2D eigenvalue weighted by Crippen LogP contribution is 2.32. The van der Waals surface area contributed by atoms with Gasteiger partial charge >= 0.3 is 0 Å². The Morgan fingerprint density at radius 1 is 0.830 bits per heavy atom. The summed E-state index contributed by atoms with van der Waals surface area (Å²) in [5.41, 5.74) is 8.09. The maximum Gasteiger partial charge on any atom is 0.246 e. The number of nitrogens with two attached hydrogens (primary N) is 1. The lowest BCUT2D eigenvalue weighted by Crippen LogP contribution is -2.57. The molecule has 1 saturated carbocycles. The Hall–Kier alpha value is -4.01. The lowest BCUT2D eigenvalue weighted by Gasteiger charge is -2.40. The van der Waals surface area contributed by atoms with Gasteiger partial charge in [0.1, 0.15) is 12.1 Å². The maximum absolute atomic E-state index is 14.6. The molecule has 2 atom stereocenters. The van der Waals surface area contributed by atoms with Crippen molar-refractivity contribution >= 4 is 28.5 Å². The molecule has 1 saturated heterocycles. The summed E-state index contributed by atoms with van der Waals surface area (Å²) in [5.74, 6) is -0.555. The van der Waals surface area contributed by atoms with E-state index in [9.17, 15) is 14.4 Å². The third-order valence-electron chi connectivity index (χ3n) is 10.4. The monoisotopic (exact) mass is 637 g/mol. The van der Waals surface area contributed by atoms with Crippen molar-refractivity contribution in [1.29, 1.82) is 0 Å². The van der Waals surface area contributed by atoms with Crippen molar-refractivity contribution in [1.82, 2.24) is 19.6 Å². The number of likely N-dealkylation sites (tertiary alicyclic amines) is 1. The highest BCUT2D eigenvalue weighted by Gasteiger charge is 2.38. The highest BCUT2D eigenvalue weighted by atomic mass is 16.2. The Morgan fingerprint density at radius 2 is 1.47 bits per heavy atom. The van der Waals surface area contributed by atoms with Crippen molar-refractivity contribution in [2.75, 3.05) is 41.3 Å². The Balaban J connectivity index is 1.42. The van der Waals surface area contributed by atoms with Gasteiger partial charge in [0.2, 0.25) is 17.7 Å². The summed E-state index contributed by atoms with van der Waals surface area (Å²) in [6.07, 6.45) is 9.57. The quantitative estimate of drug-likeness (QED) is 0.292. The minimum Gasteiger partial charge on any atom is -0.341 e. The van der Waals surface area contributed by atoms with E-state index < -0.39 is 12.1 Å². The number of carbonyl (C=O) groups excluding carboxylic acids is 3. The molecule has 2 fully saturated rings. The zero-order valence-electron chi connectivity index (χ0n) is 28.5. The lowest BCUT2D eigenvalue weighted by atomic mass is 9.75. The molecule has 47 heavy (non-hydrogen) atoms. The number of likely N-dealkylation sites (N-methyl/N-ethyl adjacent to an activating group) is 2. The molecule has 8 nitrogen and oxygen atoms in total. The van der Waals surface area contributed by atoms with Crippen molar-refractivity contribution in [3.8, 4) is 0 Å². The van der Waals surface area contributed by atoms with Crippen LogP contribution in [0.1, 0.15) is 49.7 Å². The van der Waals surface area contributed by atoms with Gasteiger partial charge in [0, 0.05) is 51.6 Å². The molecular weight excluding hydrogens is 586 g/mol. The van der Waals surface area contributed by atoms with E-state index in [4.69, 9.17) is 5.73 Å². The van der Waals surface area contributed by atoms with Gasteiger partial charge in [-0.05, 0) is 80.6 Å². The summed E-state index contributed by atoms with van der Waals surface area (Å²) in [4.78, 5) is 49.7. The fourth-order valence-corrected chi connectivity index (χ4v) is 6.91. The number of nitrogens with zero attached hydrogens (tertiary/aromatic N) is 4. The van der Waals surface area contributed by atoms with Crippen molar-refractivity contribution in [3.63, 3.8) is 0 Å². The van der Waals surface area contributed by atoms with Crippen molar-refractivity contribution in [2.24, 2.45) is 5.73 Å². The van der Waals surface area contributed by atoms with Crippen molar-refractivity contribution in [2.45, 2.75) is 75.0 Å². The minimum atomic E-state index is -0.806. The van der Waals surface area contributed by atoms with E-state index in [2.05, 4.69) is 43.3 Å². The molecule has 2 aliphatic rings. The normalized spacial score (nSPS) is 17.8. The second-order valence-electron chi connectivity index (χ2n) is 13.8. The molecule has 3 aromatic rings. The number of benzene rings is 3. The Morgan fingerprint density at radius 3 is 2.11 bits per heavy atom. The van der Waals surface area contributed by atoms with Crippen molar-refractivity contribution in [3.05, 3.63) is 96.1 Å². The van der Waals surface area contributed by atoms with Crippen LogP contribution in [0.3, 0.4) is 0 Å². The first-order chi connectivity index (χ1) is 22.5. The van der Waals surface area contributed by atoms with E-state index >= 15 is 0 Å². The minimum absolute atomic E-state index is 0.0472. The zero-order chi connectivity index (χ0) is 33.6. The summed E-state index contributed by atoms with van der Waals surface area (Å²) >= 11 is 0. The van der Waals surface area contributed by atoms with Gasteiger partial charge in [-0.15, -0.1) is 0 Å². The number of rotatable bonds is 12. The third-order valence-corrected chi connectivity index (χ3v) is 10.4. The van der Waals surface area contributed by atoms with Gasteiger partial charge in [-0.3, -0.25) is 14.4 Å². The molecule has 0 aromatic heterocycles. The summed E-state index contributed by atoms with van der Waals surface area (Å²) in [6, 6.07) is 23.1. The van der Waals surface area contributed by atoms with E-state index in [1.807, 2.05) is 59.5 Å². The van der Waals surface area contributed by atoms with Crippen LogP contribution < -0.4 is 5.73 Å². The second kappa shape index (κ2) is 15.3. The topological polar surface area (TPSA) is 90.2 Å². The second-order valence-corrected chi connectivity index (χ2v) is 13.8. The lowest BCUT2D eigenvalue weighted by molar-refractivity contribution is -0.149. The molecule has 0 spiro atoms. The van der Waals surface area contributed by atoms with E-state index in [1.54, 1.807) is 25.1 Å². The van der Waals surface area contributed by atoms with Crippen LogP contribution in [0, 0.1) is 0 Å². The summed E-state index contributed by atoms with van der Waals surface area (Å²) < 4.78 is 0. The number of fused-ring (bicyclic) bond motifs is 1. The fraction of sp³-hybridized carbons (Fsp3) is 0.462. The van der Waals surface area contributed by atoms with Gasteiger partial charge in [-0.25, -0.2) is 0 Å². The first-order valence-electron chi connectivity index (χ1n) is 17.0. The molecule has 0 bridgehead atoms. The van der Waals surface area contributed by atoms with Crippen LogP contribution in [0.4, 0.5) is 0 Å². The molecular formula is C39H51N5O3. The molecule has 1 heterocycles. The number of hydrogen-bond donors (Lipinski definition) is 1. The number of hydrogen-bond acceptors (Lipinski definition) is 5. The highest BCUT2D eigenvalue weighted by molar-refractivity contribution is 5.95. The van der Waals surface area contributed by atoms with E-state index in [1.165, 1.54) is 4.90 Å². The largest absolute Gasteiger partial charge is 0.341 e. The first-order valence-corrected chi connectivity index (χ1v) is 17.0. The van der Waals surface area contributed by atoms with Crippen LogP contribution in [0.5, 0.6) is 0 Å². The fourth-order valence-electron chi connectivity index (χ4n) is 6.91. The average Bonchev–Trinajstić information content (AvgIpc) is 3.08. The van der Waals surface area contributed by atoms with Gasteiger partial charge in [0.15, 0.2) is 0 Å². The van der Waals surface area contributed by atoms with Gasteiger partial charge in [0.25, 0.3) is 0 Å². The van der Waals surface area contributed by atoms with Crippen LogP contribution in [-0.2, 0) is 27.2 Å². The molecule has 1 aliphatic carbocycles. The number of carbonyl (C=O) groups is 3. The van der Waals surface area contributed by atoms with Gasteiger partial charge in [-0.1, -0.05) is 78.9 Å². The molecule has 0 unspecified atom stereocenters. The van der Waals surface area contributed by atoms with Crippen LogP contribution in [0.15, 0.2) is 84.9 Å². The molecule has 3 amide bonds. The van der Waals surface area contributed by atoms with Gasteiger partial charge in [-0.2, -0.15) is 0 Å². The Labute approximate surface area is 280 Å². The molecule has 1 aliphatic heterocycles. The number of piperidine rings is 1. The first kappa shape index (κ1) is 34.3. The summed E-state index contributed by atoms with van der Waals surface area (Å²) in [7, 11) is 7.57. The van der Waals surface area contributed by atoms with Crippen LogP contribution in [-0.4, -0.2) is 102 Å². The summed E-state index contributed by atoms with van der Waals surface area (Å²) in [6.45, 7) is 1.31. The average molecular weight is 638 g/mol. The molecule has 5 rings (SSSR count). The standard InChI is InChI=1S/C39H51N5O3/c1-41(2)33-19-24-44(25-20-33)38(47)35(27-29-12-6-5-7-13-29)43(4)37(46)34(28-30-17-18-31-14-8-9-15-32(31)26-30)42(3)36(45)16-10-21-39(40)22-11-23-39/h5-10,12-18,26,33-35H,11,19-25,27-28,40H2,1-4H3/t34-,35-/m1/s1. The third kappa shape index (κ3) is 8.48. The number of amides is 3. The van der Waals surface area contributed by atoms with Crippen LogP contribution >= 0.6 is 0 Å². The molecule has 250 valence electrons. The molecule has 0 radical (unpaired) electrons. The Bertz CT molecular complexity index is 1560. The van der Waals surface area contributed by atoms with E-state index in [-0.39, 0.29) is 23.3 Å². The van der Waals surface area contributed by atoms with Gasteiger partial charge in [0.05, 0.1) is 0 Å². The predicted octanol–water partition coefficient (Wildman–Crippen LogP) is 4.66.